The van der Waals surface area contributed by atoms with Crippen LogP contribution in [0, 0.1) is 5.82 Å². The van der Waals surface area contributed by atoms with Gasteiger partial charge in [-0.25, -0.2) is 9.18 Å². The number of carbonyl (C=O) groups excluding carboxylic acids is 2. The van der Waals surface area contributed by atoms with Crippen LogP contribution in [0.15, 0.2) is 48.5 Å². The first-order valence-electron chi connectivity index (χ1n) is 7.44. The molecule has 2 aromatic carbocycles. The van der Waals surface area contributed by atoms with Crippen molar-refractivity contribution in [1.82, 2.24) is 0 Å². The summed E-state index contributed by atoms with van der Waals surface area (Å²) < 4.78 is 17.9. The molecule has 0 aliphatic heterocycles. The second kappa shape index (κ2) is 8.08. The molecule has 2 aromatic rings. The number of anilines is 1. The van der Waals surface area contributed by atoms with E-state index in [1.54, 1.807) is 24.3 Å². The summed E-state index contributed by atoms with van der Waals surface area (Å²) in [6.45, 7) is 2.42. The van der Waals surface area contributed by atoms with Crippen molar-refractivity contribution in [3.8, 4) is 0 Å². The van der Waals surface area contributed by atoms with E-state index in [4.69, 9.17) is 4.74 Å². The minimum absolute atomic E-state index is 0.344. The van der Waals surface area contributed by atoms with Crippen molar-refractivity contribution in [2.75, 3.05) is 11.9 Å². The third-order valence-corrected chi connectivity index (χ3v) is 3.22. The van der Waals surface area contributed by atoms with Crippen LogP contribution < -0.4 is 5.32 Å². The van der Waals surface area contributed by atoms with Crippen molar-refractivity contribution in [2.24, 2.45) is 0 Å². The molecule has 120 valence electrons. The molecule has 1 amide bonds. The molecule has 0 fully saturated rings. The Balaban J connectivity index is 1.95. The molecule has 0 aliphatic rings. The van der Waals surface area contributed by atoms with Crippen LogP contribution in [-0.4, -0.2) is 18.5 Å². The number of halogens is 1. The van der Waals surface area contributed by atoms with Crippen molar-refractivity contribution < 1.29 is 18.7 Å². The Bertz CT molecular complexity index is 666. The number of esters is 1. The van der Waals surface area contributed by atoms with Crippen molar-refractivity contribution >= 4 is 17.6 Å². The lowest BCUT2D eigenvalue weighted by Crippen LogP contribution is -2.12. The van der Waals surface area contributed by atoms with Crippen LogP contribution in [0.25, 0.3) is 0 Å². The standard InChI is InChI=1S/C18H18FNO3/c1-2-3-12-23-18(22)14-6-10-16(11-7-14)20-17(21)13-4-8-15(19)9-5-13/h4-11H,2-3,12H2,1H3,(H,20,21). The predicted octanol–water partition coefficient (Wildman–Crippen LogP) is 4.03. The molecule has 0 aromatic heterocycles. The van der Waals surface area contributed by atoms with E-state index in [0.29, 0.717) is 23.4 Å². The van der Waals surface area contributed by atoms with E-state index in [1.807, 2.05) is 6.92 Å². The smallest absolute Gasteiger partial charge is 0.338 e. The van der Waals surface area contributed by atoms with Gasteiger partial charge in [0.05, 0.1) is 12.2 Å². The molecule has 0 spiro atoms. The summed E-state index contributed by atoms with van der Waals surface area (Å²) >= 11 is 0. The van der Waals surface area contributed by atoms with Crippen molar-refractivity contribution in [3.05, 3.63) is 65.5 Å². The molecule has 0 aliphatic carbocycles. The van der Waals surface area contributed by atoms with E-state index in [-0.39, 0.29) is 11.9 Å². The van der Waals surface area contributed by atoms with Crippen molar-refractivity contribution in [2.45, 2.75) is 19.8 Å². The van der Waals surface area contributed by atoms with Gasteiger partial charge in [0.25, 0.3) is 5.91 Å². The second-order valence-corrected chi connectivity index (χ2v) is 5.03. The average molecular weight is 315 g/mol. The van der Waals surface area contributed by atoms with Crippen LogP contribution in [0.4, 0.5) is 10.1 Å². The van der Waals surface area contributed by atoms with Crippen LogP contribution in [0.2, 0.25) is 0 Å². The zero-order valence-corrected chi connectivity index (χ0v) is 12.8. The summed E-state index contributed by atoms with van der Waals surface area (Å²) in [5.74, 6) is -1.12. The van der Waals surface area contributed by atoms with Gasteiger partial charge in [0.15, 0.2) is 0 Å². The summed E-state index contributed by atoms with van der Waals surface area (Å²) in [4.78, 5) is 23.8. The number of amides is 1. The number of hydrogen-bond donors (Lipinski definition) is 1. The molecule has 0 radical (unpaired) electrons. The predicted molar refractivity (Wildman–Crippen MR) is 86.0 cm³/mol. The van der Waals surface area contributed by atoms with E-state index in [0.717, 1.165) is 12.8 Å². The fourth-order valence-electron chi connectivity index (χ4n) is 1.89. The summed E-state index contributed by atoms with van der Waals surface area (Å²) in [5.41, 5.74) is 1.33. The molecule has 4 nitrogen and oxygen atoms in total. The molecule has 0 bridgehead atoms. The maximum Gasteiger partial charge on any atom is 0.338 e. The van der Waals surface area contributed by atoms with Gasteiger partial charge in [0.2, 0.25) is 0 Å². The van der Waals surface area contributed by atoms with Crippen LogP contribution in [-0.2, 0) is 4.74 Å². The number of ether oxygens (including phenoxy) is 1. The molecular weight excluding hydrogens is 297 g/mol. The zero-order chi connectivity index (χ0) is 16.7. The van der Waals surface area contributed by atoms with Gasteiger partial charge in [0, 0.05) is 11.3 Å². The molecule has 23 heavy (non-hydrogen) atoms. The van der Waals surface area contributed by atoms with Gasteiger partial charge in [-0.3, -0.25) is 4.79 Å². The lowest BCUT2D eigenvalue weighted by atomic mass is 10.2. The highest BCUT2D eigenvalue weighted by molar-refractivity contribution is 6.04. The average Bonchev–Trinajstić information content (AvgIpc) is 2.56. The second-order valence-electron chi connectivity index (χ2n) is 5.03. The summed E-state index contributed by atoms with van der Waals surface area (Å²) in [6, 6.07) is 11.7. The number of benzene rings is 2. The summed E-state index contributed by atoms with van der Waals surface area (Å²) in [5, 5.41) is 2.68. The Kier molecular flexibility index (Phi) is 5.86. The van der Waals surface area contributed by atoms with Gasteiger partial charge in [0.1, 0.15) is 5.82 Å². The topological polar surface area (TPSA) is 55.4 Å². The number of nitrogens with one attached hydrogen (secondary N) is 1. The molecule has 0 atom stereocenters. The third-order valence-electron chi connectivity index (χ3n) is 3.22. The number of hydrogen-bond acceptors (Lipinski definition) is 3. The van der Waals surface area contributed by atoms with Gasteiger partial charge in [-0.05, 0) is 55.0 Å². The normalized spacial score (nSPS) is 10.2. The minimum atomic E-state index is -0.396. The molecule has 0 saturated heterocycles. The van der Waals surface area contributed by atoms with Gasteiger partial charge >= 0.3 is 5.97 Å². The van der Waals surface area contributed by atoms with Crippen LogP contribution in [0.3, 0.4) is 0 Å². The van der Waals surface area contributed by atoms with E-state index < -0.39 is 5.82 Å². The van der Waals surface area contributed by atoms with Gasteiger partial charge in [-0.15, -0.1) is 0 Å². The van der Waals surface area contributed by atoms with E-state index in [9.17, 15) is 14.0 Å². The Morgan fingerprint density at radius 2 is 1.61 bits per heavy atom. The Morgan fingerprint density at radius 3 is 2.22 bits per heavy atom. The number of unbranched alkanes of at least 4 members (excludes halogenated alkanes) is 1. The molecular formula is C18H18FNO3. The molecule has 0 heterocycles. The first-order chi connectivity index (χ1) is 11.1. The molecule has 2 rings (SSSR count). The van der Waals surface area contributed by atoms with E-state index in [1.165, 1.54) is 24.3 Å². The van der Waals surface area contributed by atoms with Crippen LogP contribution >= 0.6 is 0 Å². The Labute approximate surface area is 134 Å². The highest BCUT2D eigenvalue weighted by atomic mass is 19.1. The monoisotopic (exact) mass is 315 g/mol. The molecule has 0 saturated carbocycles. The van der Waals surface area contributed by atoms with Gasteiger partial charge in [-0.2, -0.15) is 0 Å². The number of rotatable bonds is 6. The molecule has 0 unspecified atom stereocenters. The highest BCUT2D eigenvalue weighted by Crippen LogP contribution is 2.13. The lowest BCUT2D eigenvalue weighted by Gasteiger charge is -2.07. The third kappa shape index (κ3) is 4.92. The molecule has 1 N–H and O–H groups in total. The largest absolute Gasteiger partial charge is 0.462 e. The minimum Gasteiger partial charge on any atom is -0.462 e. The van der Waals surface area contributed by atoms with Gasteiger partial charge < -0.3 is 10.1 Å². The zero-order valence-electron chi connectivity index (χ0n) is 12.8. The first kappa shape index (κ1) is 16.7. The number of carbonyl (C=O) groups is 2. The Morgan fingerprint density at radius 1 is 1.00 bits per heavy atom. The van der Waals surface area contributed by atoms with E-state index >= 15 is 0 Å². The maximum absolute atomic E-state index is 12.8. The van der Waals surface area contributed by atoms with Gasteiger partial charge in [-0.1, -0.05) is 13.3 Å². The maximum atomic E-state index is 12.8. The Hall–Kier alpha value is -2.69. The fraction of sp³-hybridized carbons (Fsp3) is 0.222. The lowest BCUT2D eigenvalue weighted by molar-refractivity contribution is 0.0499. The van der Waals surface area contributed by atoms with Crippen LogP contribution in [0.1, 0.15) is 40.5 Å². The quantitative estimate of drug-likeness (QED) is 0.646. The molecule has 5 heteroatoms. The van der Waals surface area contributed by atoms with Crippen LogP contribution in [0.5, 0.6) is 0 Å². The van der Waals surface area contributed by atoms with Crippen molar-refractivity contribution in [1.29, 1.82) is 0 Å². The SMILES string of the molecule is CCCCOC(=O)c1ccc(NC(=O)c2ccc(F)cc2)cc1. The summed E-state index contributed by atoms with van der Waals surface area (Å²) in [7, 11) is 0. The highest BCUT2D eigenvalue weighted by Gasteiger charge is 2.09. The fourth-order valence-corrected chi connectivity index (χ4v) is 1.89. The van der Waals surface area contributed by atoms with Crippen molar-refractivity contribution in [3.63, 3.8) is 0 Å². The first-order valence-corrected chi connectivity index (χ1v) is 7.44. The van der Waals surface area contributed by atoms with E-state index in [2.05, 4.69) is 5.32 Å². The summed E-state index contributed by atoms with van der Waals surface area (Å²) in [6.07, 6.45) is 1.79.